The Hall–Kier alpha value is -2.36. The fourth-order valence-electron chi connectivity index (χ4n) is 1.34. The summed E-state index contributed by atoms with van der Waals surface area (Å²) in [4.78, 5) is 21.4. The van der Waals surface area contributed by atoms with Crippen LogP contribution in [0.3, 0.4) is 0 Å². The number of benzene rings is 1. The lowest BCUT2D eigenvalue weighted by molar-refractivity contribution is -0.134. The lowest BCUT2D eigenvalue weighted by atomic mass is 10.0. The Balaban J connectivity index is 3.09. The van der Waals surface area contributed by atoms with Crippen LogP contribution in [0, 0.1) is 0 Å². The summed E-state index contributed by atoms with van der Waals surface area (Å²) < 4.78 is 0. The molecule has 4 nitrogen and oxygen atoms in total. The lowest BCUT2D eigenvalue weighted by Gasteiger charge is -2.02. The van der Waals surface area contributed by atoms with Gasteiger partial charge in [-0.25, -0.2) is 9.59 Å². The topological polar surface area (TPSA) is 74.6 Å². The zero-order valence-corrected chi connectivity index (χ0v) is 9.25. The van der Waals surface area contributed by atoms with Crippen molar-refractivity contribution in [3.05, 3.63) is 53.1 Å². The van der Waals surface area contributed by atoms with Crippen molar-refractivity contribution in [2.75, 3.05) is 0 Å². The van der Waals surface area contributed by atoms with Crippen LogP contribution in [0.1, 0.15) is 12.5 Å². The number of hydrogen-bond acceptors (Lipinski definition) is 2. The third kappa shape index (κ3) is 3.95. The van der Waals surface area contributed by atoms with E-state index in [0.29, 0.717) is 11.6 Å². The zero-order chi connectivity index (χ0) is 12.8. The Labute approximate surface area is 98.5 Å². The molecule has 0 aliphatic carbocycles. The predicted octanol–water partition coefficient (Wildman–Crippen LogP) is 2.19. The van der Waals surface area contributed by atoms with Crippen LogP contribution in [0.25, 0.3) is 6.08 Å². The van der Waals surface area contributed by atoms with E-state index in [1.54, 1.807) is 13.0 Å². The van der Waals surface area contributed by atoms with Gasteiger partial charge in [0.05, 0.1) is 5.57 Å². The number of carboxylic acid groups (broad SMARTS) is 2. The van der Waals surface area contributed by atoms with Crippen LogP contribution in [0.5, 0.6) is 0 Å². The Morgan fingerprint density at radius 2 is 1.71 bits per heavy atom. The molecule has 0 unspecified atom stereocenters. The van der Waals surface area contributed by atoms with Gasteiger partial charge in [-0.1, -0.05) is 36.4 Å². The molecule has 0 aliphatic rings. The SMILES string of the molecule is CC(=Cc1ccccc1)C(=CC(=O)O)C(=O)O. The van der Waals surface area contributed by atoms with Crippen LogP contribution >= 0.6 is 0 Å². The van der Waals surface area contributed by atoms with Gasteiger partial charge in [0.25, 0.3) is 0 Å². The monoisotopic (exact) mass is 232 g/mol. The highest BCUT2D eigenvalue weighted by atomic mass is 16.4. The molecule has 0 radical (unpaired) electrons. The fraction of sp³-hybridized carbons (Fsp3) is 0.0769. The molecule has 0 atom stereocenters. The Bertz CT molecular complexity index is 483. The molecular weight excluding hydrogens is 220 g/mol. The number of aliphatic carboxylic acids is 2. The number of carboxylic acids is 2. The molecule has 0 amide bonds. The molecule has 4 heteroatoms. The van der Waals surface area contributed by atoms with E-state index in [9.17, 15) is 9.59 Å². The van der Waals surface area contributed by atoms with E-state index in [-0.39, 0.29) is 5.57 Å². The minimum absolute atomic E-state index is 0.221. The zero-order valence-electron chi connectivity index (χ0n) is 9.25. The van der Waals surface area contributed by atoms with Gasteiger partial charge in [0.2, 0.25) is 0 Å². The summed E-state index contributed by atoms with van der Waals surface area (Å²) in [5.74, 6) is -2.53. The quantitative estimate of drug-likeness (QED) is 0.616. The maximum absolute atomic E-state index is 10.9. The first-order valence-corrected chi connectivity index (χ1v) is 4.92. The minimum atomic E-state index is -1.27. The molecule has 1 aromatic rings. The average Bonchev–Trinajstić information content (AvgIpc) is 2.26. The van der Waals surface area contributed by atoms with Gasteiger partial charge < -0.3 is 10.2 Å². The van der Waals surface area contributed by atoms with Crippen molar-refractivity contribution in [2.45, 2.75) is 6.92 Å². The van der Waals surface area contributed by atoms with Crippen LogP contribution < -0.4 is 0 Å². The largest absolute Gasteiger partial charge is 0.478 e. The second-order valence-corrected chi connectivity index (χ2v) is 3.44. The highest BCUT2D eigenvalue weighted by molar-refractivity contribution is 5.99. The van der Waals surface area contributed by atoms with Crippen molar-refractivity contribution < 1.29 is 19.8 Å². The van der Waals surface area contributed by atoms with E-state index in [1.807, 2.05) is 30.3 Å². The van der Waals surface area contributed by atoms with Gasteiger partial charge in [0.15, 0.2) is 0 Å². The molecule has 2 N–H and O–H groups in total. The Morgan fingerprint density at radius 1 is 1.12 bits per heavy atom. The van der Waals surface area contributed by atoms with Crippen LogP contribution in [0.2, 0.25) is 0 Å². The summed E-state index contributed by atoms with van der Waals surface area (Å²) in [6, 6.07) is 9.10. The smallest absolute Gasteiger partial charge is 0.336 e. The van der Waals surface area contributed by atoms with E-state index < -0.39 is 11.9 Å². The number of carbonyl (C=O) groups is 2. The van der Waals surface area contributed by atoms with Gasteiger partial charge in [-0.05, 0) is 18.1 Å². The molecular formula is C13H12O4. The van der Waals surface area contributed by atoms with Crippen LogP contribution in [-0.4, -0.2) is 22.2 Å². The lowest BCUT2D eigenvalue weighted by Crippen LogP contribution is -2.05. The molecule has 0 heterocycles. The molecule has 0 saturated carbocycles. The van der Waals surface area contributed by atoms with E-state index in [1.165, 1.54) is 0 Å². The molecule has 0 aliphatic heterocycles. The Morgan fingerprint density at radius 3 is 2.18 bits per heavy atom. The molecule has 1 aromatic carbocycles. The summed E-state index contributed by atoms with van der Waals surface area (Å²) in [6.45, 7) is 1.57. The van der Waals surface area contributed by atoms with Crippen LogP contribution in [0.15, 0.2) is 47.6 Å². The minimum Gasteiger partial charge on any atom is -0.478 e. The Kier molecular flexibility index (Phi) is 4.22. The third-order valence-corrected chi connectivity index (χ3v) is 2.11. The molecule has 17 heavy (non-hydrogen) atoms. The molecule has 0 fully saturated rings. The van der Waals surface area contributed by atoms with Crippen LogP contribution in [-0.2, 0) is 9.59 Å². The van der Waals surface area contributed by atoms with Gasteiger partial charge in [0, 0.05) is 6.08 Å². The summed E-state index contributed by atoms with van der Waals surface area (Å²) in [5, 5.41) is 17.5. The van der Waals surface area contributed by atoms with E-state index in [2.05, 4.69) is 0 Å². The van der Waals surface area contributed by atoms with Crippen molar-refractivity contribution in [1.82, 2.24) is 0 Å². The van der Waals surface area contributed by atoms with Crippen molar-refractivity contribution >= 4 is 18.0 Å². The van der Waals surface area contributed by atoms with Gasteiger partial charge in [0.1, 0.15) is 0 Å². The van der Waals surface area contributed by atoms with Crippen molar-refractivity contribution in [3.63, 3.8) is 0 Å². The number of rotatable bonds is 4. The van der Waals surface area contributed by atoms with E-state index >= 15 is 0 Å². The highest BCUT2D eigenvalue weighted by Crippen LogP contribution is 2.14. The fourth-order valence-corrected chi connectivity index (χ4v) is 1.34. The molecule has 88 valence electrons. The normalized spacial score (nSPS) is 12.3. The average molecular weight is 232 g/mol. The predicted molar refractivity (Wildman–Crippen MR) is 63.4 cm³/mol. The summed E-state index contributed by atoms with van der Waals surface area (Å²) >= 11 is 0. The van der Waals surface area contributed by atoms with Gasteiger partial charge in [-0.15, -0.1) is 0 Å². The summed E-state index contributed by atoms with van der Waals surface area (Å²) in [6.07, 6.45) is 2.32. The van der Waals surface area contributed by atoms with Crippen LogP contribution in [0.4, 0.5) is 0 Å². The first kappa shape index (κ1) is 12.7. The highest BCUT2D eigenvalue weighted by Gasteiger charge is 2.11. The summed E-state index contributed by atoms with van der Waals surface area (Å²) in [5.41, 5.74) is 0.995. The first-order valence-electron chi connectivity index (χ1n) is 4.92. The second kappa shape index (κ2) is 5.65. The summed E-state index contributed by atoms with van der Waals surface area (Å²) in [7, 11) is 0. The van der Waals surface area contributed by atoms with E-state index in [4.69, 9.17) is 10.2 Å². The first-order chi connectivity index (χ1) is 8.00. The molecule has 0 bridgehead atoms. The maximum atomic E-state index is 10.9. The number of hydrogen-bond donors (Lipinski definition) is 2. The van der Waals surface area contributed by atoms with Gasteiger partial charge in [-0.3, -0.25) is 0 Å². The standard InChI is InChI=1S/C13H12O4/c1-9(7-10-5-3-2-4-6-10)11(13(16)17)8-12(14)15/h2-8H,1H3,(H,14,15)(H,16,17). The van der Waals surface area contributed by atoms with Crippen molar-refractivity contribution in [1.29, 1.82) is 0 Å². The molecule has 0 aromatic heterocycles. The van der Waals surface area contributed by atoms with Gasteiger partial charge >= 0.3 is 11.9 Å². The van der Waals surface area contributed by atoms with Crippen molar-refractivity contribution in [2.24, 2.45) is 0 Å². The second-order valence-electron chi connectivity index (χ2n) is 3.44. The molecule has 1 rings (SSSR count). The maximum Gasteiger partial charge on any atom is 0.336 e. The van der Waals surface area contributed by atoms with Crippen molar-refractivity contribution in [3.8, 4) is 0 Å². The molecule has 0 spiro atoms. The molecule has 0 saturated heterocycles. The third-order valence-electron chi connectivity index (χ3n) is 2.11. The van der Waals surface area contributed by atoms with Gasteiger partial charge in [-0.2, -0.15) is 0 Å². The van der Waals surface area contributed by atoms with E-state index in [0.717, 1.165) is 5.56 Å².